The van der Waals surface area contributed by atoms with Crippen LogP contribution in [0.3, 0.4) is 0 Å². The maximum absolute atomic E-state index is 5.07. The van der Waals surface area contributed by atoms with Crippen LogP contribution in [0.5, 0.6) is 0 Å². The number of hydrazone groups is 2. The number of fused-ring (bicyclic) bond motifs is 6. The van der Waals surface area contributed by atoms with Gasteiger partial charge in [-0.05, 0) is 104 Å². The van der Waals surface area contributed by atoms with Crippen molar-refractivity contribution in [1.29, 1.82) is 0 Å². The maximum atomic E-state index is 5.07. The number of nitrogens with zero attached hydrogens (tertiary/aromatic N) is 6. The first kappa shape index (κ1) is 37.8. The van der Waals surface area contributed by atoms with Crippen LogP contribution in [0.15, 0.2) is 156 Å². The average Bonchev–Trinajstić information content (AvgIpc) is 3.75. The van der Waals surface area contributed by atoms with Crippen LogP contribution in [0.1, 0.15) is 69.9 Å². The molecule has 2 aromatic heterocycles. The van der Waals surface area contributed by atoms with Crippen molar-refractivity contribution in [2.75, 3.05) is 23.1 Å². The zero-order chi connectivity index (χ0) is 38.8. The molecule has 0 aliphatic rings. The molecule has 0 spiro atoms. The number of unbranched alkanes of at least 4 members (excludes halogenated alkanes) is 4. The minimum Gasteiger partial charge on any atom is -0.340 e. The molecule has 0 amide bonds. The molecular weight excluding hydrogens is 697 g/mol. The molecular formula is C51H54N6. The molecule has 0 bridgehead atoms. The number of hydrogen-bond acceptors (Lipinski definition) is 4. The molecule has 0 unspecified atom stereocenters. The molecule has 6 aromatic carbocycles. The van der Waals surface area contributed by atoms with Gasteiger partial charge in [-0.2, -0.15) is 10.2 Å². The van der Waals surface area contributed by atoms with E-state index in [-0.39, 0.29) is 0 Å². The Hall–Kier alpha value is -6.14. The fraction of sp³-hybridized carbons (Fsp3) is 0.255. The molecule has 0 aliphatic carbocycles. The van der Waals surface area contributed by atoms with Crippen LogP contribution in [0, 0.1) is 0 Å². The predicted molar refractivity (Wildman–Crippen MR) is 245 cm³/mol. The van der Waals surface area contributed by atoms with Gasteiger partial charge in [0.2, 0.25) is 0 Å². The minimum atomic E-state index is 0.833. The van der Waals surface area contributed by atoms with Gasteiger partial charge in [0.1, 0.15) is 0 Å². The SMILES string of the molecule is CCCCn1c2ccccc2c2cc(C=NN(CCCCCN(N=Cc3ccc4c(c3)c3ccccc3n4CCCC)c3ccccc3)c3ccccc3)ccc21. The van der Waals surface area contributed by atoms with E-state index in [0.717, 1.165) is 67.9 Å². The van der Waals surface area contributed by atoms with E-state index in [2.05, 4.69) is 179 Å². The van der Waals surface area contributed by atoms with E-state index < -0.39 is 0 Å². The Kier molecular flexibility index (Phi) is 12.1. The number of para-hydroxylation sites is 4. The molecule has 6 heteroatoms. The second kappa shape index (κ2) is 18.2. The second-order valence-corrected chi connectivity index (χ2v) is 15.1. The van der Waals surface area contributed by atoms with E-state index in [1.54, 1.807) is 0 Å². The van der Waals surface area contributed by atoms with E-state index in [0.29, 0.717) is 0 Å². The maximum Gasteiger partial charge on any atom is 0.0593 e. The second-order valence-electron chi connectivity index (χ2n) is 15.1. The molecule has 0 N–H and O–H groups in total. The minimum absolute atomic E-state index is 0.833. The molecule has 0 saturated heterocycles. The zero-order valence-corrected chi connectivity index (χ0v) is 33.5. The van der Waals surface area contributed by atoms with E-state index in [1.165, 1.54) is 69.3 Å². The van der Waals surface area contributed by atoms with E-state index in [9.17, 15) is 0 Å². The van der Waals surface area contributed by atoms with Gasteiger partial charge in [0.25, 0.3) is 0 Å². The molecule has 57 heavy (non-hydrogen) atoms. The number of rotatable bonds is 18. The van der Waals surface area contributed by atoms with Crippen LogP contribution in [0.2, 0.25) is 0 Å². The third kappa shape index (κ3) is 8.51. The molecule has 2 heterocycles. The number of aromatic nitrogens is 2. The summed E-state index contributed by atoms with van der Waals surface area (Å²) in [6.07, 6.45) is 11.8. The summed E-state index contributed by atoms with van der Waals surface area (Å²) in [5.74, 6) is 0. The molecule has 6 nitrogen and oxygen atoms in total. The Balaban J connectivity index is 0.953. The van der Waals surface area contributed by atoms with Gasteiger partial charge in [-0.3, -0.25) is 10.0 Å². The number of anilines is 2. The Morgan fingerprint density at radius 3 is 1.26 bits per heavy atom. The summed E-state index contributed by atoms with van der Waals surface area (Å²) in [6, 6.07) is 52.2. The molecule has 288 valence electrons. The largest absolute Gasteiger partial charge is 0.340 e. The van der Waals surface area contributed by atoms with Crippen LogP contribution < -0.4 is 10.0 Å². The quantitative estimate of drug-likeness (QED) is 0.0498. The van der Waals surface area contributed by atoms with Gasteiger partial charge in [-0.25, -0.2) is 0 Å². The van der Waals surface area contributed by atoms with Gasteiger partial charge in [-0.1, -0.05) is 112 Å². The Labute approximate surface area is 337 Å². The fourth-order valence-corrected chi connectivity index (χ4v) is 8.10. The Morgan fingerprint density at radius 2 is 0.825 bits per heavy atom. The predicted octanol–water partition coefficient (Wildman–Crippen LogP) is 13.1. The van der Waals surface area contributed by atoms with Gasteiger partial charge in [0, 0.05) is 69.8 Å². The normalized spacial score (nSPS) is 12.0. The summed E-state index contributed by atoms with van der Waals surface area (Å²) in [5, 5.41) is 19.6. The topological polar surface area (TPSA) is 41.1 Å². The van der Waals surface area contributed by atoms with Crippen molar-refractivity contribution in [3.05, 3.63) is 157 Å². The Morgan fingerprint density at radius 1 is 0.421 bits per heavy atom. The van der Waals surface area contributed by atoms with Crippen LogP contribution in [0.4, 0.5) is 11.4 Å². The first-order chi connectivity index (χ1) is 28.2. The van der Waals surface area contributed by atoms with Crippen molar-refractivity contribution in [2.45, 2.75) is 71.9 Å². The van der Waals surface area contributed by atoms with E-state index in [1.807, 2.05) is 12.4 Å². The molecule has 0 fully saturated rings. The summed E-state index contributed by atoms with van der Waals surface area (Å²) < 4.78 is 4.95. The summed E-state index contributed by atoms with van der Waals surface area (Å²) in [5.41, 5.74) is 9.63. The van der Waals surface area contributed by atoms with Crippen LogP contribution in [-0.2, 0) is 13.1 Å². The Bertz CT molecular complexity index is 2420. The van der Waals surface area contributed by atoms with Crippen molar-refractivity contribution < 1.29 is 0 Å². The first-order valence-electron chi connectivity index (χ1n) is 21.0. The average molecular weight is 751 g/mol. The van der Waals surface area contributed by atoms with Crippen molar-refractivity contribution in [3.8, 4) is 0 Å². The van der Waals surface area contributed by atoms with E-state index >= 15 is 0 Å². The fourth-order valence-electron chi connectivity index (χ4n) is 8.10. The lowest BCUT2D eigenvalue weighted by atomic mass is 10.1. The van der Waals surface area contributed by atoms with Crippen molar-refractivity contribution in [1.82, 2.24) is 9.13 Å². The number of aryl methyl sites for hydroxylation is 2. The summed E-state index contributed by atoms with van der Waals surface area (Å²) in [4.78, 5) is 0. The highest BCUT2D eigenvalue weighted by atomic mass is 15.5. The van der Waals surface area contributed by atoms with Crippen molar-refractivity contribution in [2.24, 2.45) is 10.2 Å². The molecule has 0 saturated carbocycles. The lowest BCUT2D eigenvalue weighted by Crippen LogP contribution is -2.20. The molecule has 8 aromatic rings. The van der Waals surface area contributed by atoms with Gasteiger partial charge >= 0.3 is 0 Å². The van der Waals surface area contributed by atoms with Gasteiger partial charge in [-0.15, -0.1) is 0 Å². The summed E-state index contributed by atoms with van der Waals surface area (Å²) >= 11 is 0. The van der Waals surface area contributed by atoms with Gasteiger partial charge < -0.3 is 9.13 Å². The van der Waals surface area contributed by atoms with Crippen LogP contribution in [0.25, 0.3) is 43.6 Å². The highest BCUT2D eigenvalue weighted by molar-refractivity contribution is 6.10. The number of hydrogen-bond donors (Lipinski definition) is 0. The molecule has 0 radical (unpaired) electrons. The van der Waals surface area contributed by atoms with Gasteiger partial charge in [0.05, 0.1) is 23.8 Å². The highest BCUT2D eigenvalue weighted by Crippen LogP contribution is 2.32. The standard InChI is InChI=1S/C51H54N6/c1-3-5-32-54-48-26-16-14-24-44(48)46-36-40(28-30-50(46)54)38-52-56(42-20-10-7-11-21-42)34-18-9-19-35-57(43-22-12-8-13-23-43)53-39-41-29-31-51-47(37-41)45-25-15-17-27-49(45)55(51)33-6-4-2/h7-8,10-17,20-31,36-39H,3-6,9,18-19,32-35H2,1-2H3. The zero-order valence-electron chi connectivity index (χ0n) is 33.5. The highest BCUT2D eigenvalue weighted by Gasteiger charge is 2.13. The van der Waals surface area contributed by atoms with Crippen LogP contribution in [-0.4, -0.2) is 34.7 Å². The molecule has 0 aliphatic heterocycles. The first-order valence-corrected chi connectivity index (χ1v) is 21.0. The monoisotopic (exact) mass is 750 g/mol. The van der Waals surface area contributed by atoms with Crippen molar-refractivity contribution in [3.63, 3.8) is 0 Å². The third-order valence-corrected chi connectivity index (χ3v) is 11.1. The smallest absolute Gasteiger partial charge is 0.0593 e. The van der Waals surface area contributed by atoms with Crippen LogP contribution >= 0.6 is 0 Å². The molecule has 8 rings (SSSR count). The third-order valence-electron chi connectivity index (χ3n) is 11.1. The number of benzene rings is 6. The summed E-state index contributed by atoms with van der Waals surface area (Å²) in [6.45, 7) is 8.25. The van der Waals surface area contributed by atoms with Crippen molar-refractivity contribution >= 4 is 67.4 Å². The van der Waals surface area contributed by atoms with Gasteiger partial charge in [0.15, 0.2) is 0 Å². The lowest BCUT2D eigenvalue weighted by molar-refractivity contribution is 0.648. The molecule has 0 atom stereocenters. The summed E-state index contributed by atoms with van der Waals surface area (Å²) in [7, 11) is 0. The van der Waals surface area contributed by atoms with E-state index in [4.69, 9.17) is 10.2 Å². The lowest BCUT2D eigenvalue weighted by Gasteiger charge is -2.21.